The molecule has 3 aliphatic rings. The number of piperazine rings is 1. The molecule has 1 unspecified atom stereocenters. The highest BCUT2D eigenvalue weighted by molar-refractivity contribution is 8.00. The van der Waals surface area contributed by atoms with Gasteiger partial charge in [-0.05, 0) is 30.4 Å². The largest absolute Gasteiger partial charge is 0.474 e. The number of thiocarbonyl (C=S) groups is 1. The van der Waals surface area contributed by atoms with Crippen LogP contribution in [0.25, 0.3) is 0 Å². The minimum absolute atomic E-state index is 0.103. The molecule has 174 valence electrons. The Labute approximate surface area is 195 Å². The number of ether oxygens (including phenoxy) is 2. The molecular weight excluding hydrogens is 457 g/mol. The zero-order valence-corrected chi connectivity index (χ0v) is 19.3. The van der Waals surface area contributed by atoms with Crippen LogP contribution in [0.15, 0.2) is 18.2 Å². The van der Waals surface area contributed by atoms with Gasteiger partial charge in [-0.2, -0.15) is 0 Å². The molecule has 3 fully saturated rings. The SMILES string of the molecule is COC(=S)NC[C@H]1CN(c2ccc(N3CCN(C(=O)C4NCCS4)CC3)c(F)c2)C(=O)O1. The topological polar surface area (TPSA) is 86.4 Å². The van der Waals surface area contributed by atoms with Crippen LogP contribution in [-0.2, 0) is 14.3 Å². The quantitative estimate of drug-likeness (QED) is 0.596. The summed E-state index contributed by atoms with van der Waals surface area (Å²) < 4.78 is 25.1. The summed E-state index contributed by atoms with van der Waals surface area (Å²) in [6.07, 6.45) is -0.950. The normalized spacial score (nSPS) is 23.3. The Morgan fingerprint density at radius 1 is 1.38 bits per heavy atom. The summed E-state index contributed by atoms with van der Waals surface area (Å²) in [5.74, 6) is 0.632. The van der Waals surface area contributed by atoms with E-state index in [-0.39, 0.29) is 23.0 Å². The molecule has 0 radical (unpaired) electrons. The van der Waals surface area contributed by atoms with Crippen LogP contribution in [0.1, 0.15) is 0 Å². The monoisotopic (exact) mass is 483 g/mol. The number of hydrogen-bond donors (Lipinski definition) is 2. The number of carbonyl (C=O) groups is 2. The number of hydrogen-bond acceptors (Lipinski definition) is 8. The molecule has 0 aliphatic carbocycles. The van der Waals surface area contributed by atoms with Gasteiger partial charge in [0.1, 0.15) is 17.3 Å². The molecule has 9 nitrogen and oxygen atoms in total. The average molecular weight is 484 g/mol. The highest BCUT2D eigenvalue weighted by Gasteiger charge is 2.34. The second kappa shape index (κ2) is 10.1. The van der Waals surface area contributed by atoms with Crippen molar-refractivity contribution in [1.82, 2.24) is 15.5 Å². The second-order valence-electron chi connectivity index (χ2n) is 7.64. The first-order valence-electron chi connectivity index (χ1n) is 10.4. The lowest BCUT2D eigenvalue weighted by Crippen LogP contribution is -2.52. The number of benzene rings is 1. The Morgan fingerprint density at radius 3 is 2.81 bits per heavy atom. The maximum absolute atomic E-state index is 15.0. The van der Waals surface area contributed by atoms with E-state index in [1.54, 1.807) is 23.9 Å². The molecule has 2 atom stereocenters. The average Bonchev–Trinajstić information content (AvgIpc) is 3.47. The van der Waals surface area contributed by atoms with Crippen molar-refractivity contribution >= 4 is 52.5 Å². The number of amides is 2. The van der Waals surface area contributed by atoms with Crippen molar-refractivity contribution in [2.24, 2.45) is 0 Å². The van der Waals surface area contributed by atoms with Crippen molar-refractivity contribution in [3.63, 3.8) is 0 Å². The van der Waals surface area contributed by atoms with E-state index in [0.29, 0.717) is 44.1 Å². The third-order valence-electron chi connectivity index (χ3n) is 5.65. The molecule has 3 heterocycles. The van der Waals surface area contributed by atoms with Crippen LogP contribution in [0.4, 0.5) is 20.6 Å². The molecule has 12 heteroatoms. The van der Waals surface area contributed by atoms with Gasteiger partial charge in [-0.25, -0.2) is 9.18 Å². The number of thioether (sulfide) groups is 1. The zero-order chi connectivity index (χ0) is 22.7. The molecule has 2 amide bonds. The van der Waals surface area contributed by atoms with Gasteiger partial charge in [0, 0.05) is 38.5 Å². The van der Waals surface area contributed by atoms with Crippen molar-refractivity contribution in [3.8, 4) is 0 Å². The van der Waals surface area contributed by atoms with E-state index in [2.05, 4.69) is 10.6 Å². The number of methoxy groups -OCH3 is 1. The molecule has 32 heavy (non-hydrogen) atoms. The molecule has 3 saturated heterocycles. The van der Waals surface area contributed by atoms with Gasteiger partial charge >= 0.3 is 6.09 Å². The molecule has 2 N–H and O–H groups in total. The van der Waals surface area contributed by atoms with Gasteiger partial charge in [0.15, 0.2) is 0 Å². The van der Waals surface area contributed by atoms with Crippen molar-refractivity contribution in [1.29, 1.82) is 0 Å². The number of cyclic esters (lactones) is 1. The summed E-state index contributed by atoms with van der Waals surface area (Å²) in [4.78, 5) is 29.9. The van der Waals surface area contributed by atoms with Gasteiger partial charge < -0.3 is 24.6 Å². The summed E-state index contributed by atoms with van der Waals surface area (Å²) in [7, 11) is 1.45. The van der Waals surface area contributed by atoms with E-state index in [4.69, 9.17) is 21.7 Å². The van der Waals surface area contributed by atoms with Crippen molar-refractivity contribution in [2.75, 3.05) is 68.5 Å². The number of rotatable bonds is 5. The number of carbonyl (C=O) groups excluding carboxylic acids is 2. The van der Waals surface area contributed by atoms with Crippen molar-refractivity contribution < 1.29 is 23.5 Å². The molecule has 3 aliphatic heterocycles. The van der Waals surface area contributed by atoms with Gasteiger partial charge in [0.25, 0.3) is 5.17 Å². The van der Waals surface area contributed by atoms with Crippen LogP contribution in [0.3, 0.4) is 0 Å². The Morgan fingerprint density at radius 2 is 2.16 bits per heavy atom. The maximum Gasteiger partial charge on any atom is 0.414 e. The predicted molar refractivity (Wildman–Crippen MR) is 125 cm³/mol. The van der Waals surface area contributed by atoms with Crippen molar-refractivity contribution in [3.05, 3.63) is 24.0 Å². The molecule has 0 saturated carbocycles. The standard InChI is InChI=1S/C20H26FN5O4S2/c1-29-19(31)23-11-14-12-26(20(28)30-14)13-2-3-16(15(21)10-13)24-5-7-25(8-6-24)18(27)17-22-4-9-32-17/h2-3,10,14,17,22H,4-9,11-12H2,1H3,(H,23,31)/t14-,17?/m0/s1. The van der Waals surface area contributed by atoms with Crippen LogP contribution in [-0.4, -0.2) is 92.2 Å². The fourth-order valence-corrected chi connectivity index (χ4v) is 5.03. The first kappa shape index (κ1) is 22.9. The highest BCUT2D eigenvalue weighted by Crippen LogP contribution is 2.29. The molecule has 1 aromatic carbocycles. The Bertz CT molecular complexity index is 878. The summed E-state index contributed by atoms with van der Waals surface area (Å²) in [5, 5.41) is 6.10. The van der Waals surface area contributed by atoms with Gasteiger partial charge in [-0.1, -0.05) is 0 Å². The van der Waals surface area contributed by atoms with Crippen LogP contribution in [0, 0.1) is 5.82 Å². The third-order valence-corrected chi connectivity index (χ3v) is 7.10. The summed E-state index contributed by atoms with van der Waals surface area (Å²) >= 11 is 6.55. The van der Waals surface area contributed by atoms with Crippen LogP contribution in [0.5, 0.6) is 0 Å². The molecule has 4 rings (SSSR count). The summed E-state index contributed by atoms with van der Waals surface area (Å²) in [6, 6.07) is 4.74. The van der Waals surface area contributed by atoms with E-state index in [0.717, 1.165) is 12.3 Å². The molecule has 0 aromatic heterocycles. The lowest BCUT2D eigenvalue weighted by molar-refractivity contribution is -0.131. The second-order valence-corrected chi connectivity index (χ2v) is 9.23. The van der Waals surface area contributed by atoms with Crippen LogP contribution in [0.2, 0.25) is 0 Å². The number of anilines is 2. The van der Waals surface area contributed by atoms with Crippen LogP contribution >= 0.6 is 24.0 Å². The third kappa shape index (κ3) is 5.02. The van der Waals surface area contributed by atoms with E-state index < -0.39 is 18.0 Å². The minimum atomic E-state index is -0.530. The van der Waals surface area contributed by atoms with E-state index in [1.165, 1.54) is 18.1 Å². The van der Waals surface area contributed by atoms with E-state index in [1.807, 2.05) is 9.80 Å². The van der Waals surface area contributed by atoms with E-state index in [9.17, 15) is 14.0 Å². The first-order chi connectivity index (χ1) is 15.5. The predicted octanol–water partition coefficient (Wildman–Crippen LogP) is 0.983. The lowest BCUT2D eigenvalue weighted by atomic mass is 10.2. The highest BCUT2D eigenvalue weighted by atomic mass is 32.2. The van der Waals surface area contributed by atoms with Crippen molar-refractivity contribution in [2.45, 2.75) is 11.5 Å². The Hall–Kier alpha value is -2.31. The maximum atomic E-state index is 15.0. The summed E-state index contributed by atoms with van der Waals surface area (Å²) in [6.45, 7) is 3.65. The zero-order valence-electron chi connectivity index (χ0n) is 17.7. The number of halogens is 1. The van der Waals surface area contributed by atoms with E-state index >= 15 is 0 Å². The molecule has 0 spiro atoms. The van der Waals surface area contributed by atoms with Gasteiger partial charge in [-0.15, -0.1) is 11.8 Å². The van der Waals surface area contributed by atoms with Gasteiger partial charge in [0.2, 0.25) is 5.91 Å². The van der Waals surface area contributed by atoms with Gasteiger partial charge in [0.05, 0.1) is 31.6 Å². The lowest BCUT2D eigenvalue weighted by Gasteiger charge is -2.37. The molecular formula is C20H26FN5O4S2. The molecule has 0 bridgehead atoms. The Balaban J connectivity index is 1.34. The van der Waals surface area contributed by atoms with Crippen LogP contribution < -0.4 is 20.4 Å². The van der Waals surface area contributed by atoms with Gasteiger partial charge in [-0.3, -0.25) is 15.0 Å². The fourth-order valence-electron chi connectivity index (χ4n) is 3.95. The smallest absolute Gasteiger partial charge is 0.414 e. The number of nitrogens with zero attached hydrogens (tertiary/aromatic N) is 3. The fraction of sp³-hybridized carbons (Fsp3) is 0.550. The summed E-state index contributed by atoms with van der Waals surface area (Å²) in [5.41, 5.74) is 0.900. The minimum Gasteiger partial charge on any atom is -0.474 e. The number of nitrogens with one attached hydrogen (secondary N) is 2. The molecule has 1 aromatic rings. The Kier molecular flexibility index (Phi) is 7.21. The first-order valence-corrected chi connectivity index (χ1v) is 11.9.